The van der Waals surface area contributed by atoms with Gasteiger partial charge in [0.1, 0.15) is 23.1 Å². The summed E-state index contributed by atoms with van der Waals surface area (Å²) in [6.07, 6.45) is 0.665. The maximum atomic E-state index is 15.8. The van der Waals surface area contributed by atoms with Crippen molar-refractivity contribution in [3.8, 4) is 5.00 Å². The Balaban J connectivity index is 1.62. The number of esters is 1. The van der Waals surface area contributed by atoms with Crippen LogP contribution >= 0.6 is 22.9 Å². The summed E-state index contributed by atoms with van der Waals surface area (Å²) in [6, 6.07) is 15.1. The molecule has 3 aromatic heterocycles. The number of carbonyl (C=O) groups excluding carboxylic acids is 3. The number of carbonyl (C=O) groups is 3. The number of benzene rings is 2. The van der Waals surface area contributed by atoms with Crippen LogP contribution in [0.15, 0.2) is 54.6 Å². The first-order chi connectivity index (χ1) is 20.2. The summed E-state index contributed by atoms with van der Waals surface area (Å²) >= 11 is 7.72. The van der Waals surface area contributed by atoms with Crippen molar-refractivity contribution >= 4 is 57.4 Å². The summed E-state index contributed by atoms with van der Waals surface area (Å²) < 4.78 is 23.8. The molecule has 0 fully saturated rings. The normalized spacial score (nSPS) is 11.2. The van der Waals surface area contributed by atoms with Gasteiger partial charge in [-0.3, -0.25) is 23.9 Å². The molecule has 0 spiro atoms. The molecular formula is C30H27ClFN5O4S. The third-order valence-electron chi connectivity index (χ3n) is 6.79. The van der Waals surface area contributed by atoms with Crippen LogP contribution in [0.4, 0.5) is 10.3 Å². The molecule has 5 rings (SSSR count). The summed E-state index contributed by atoms with van der Waals surface area (Å²) in [5.41, 5.74) is 0.753. The van der Waals surface area contributed by atoms with E-state index in [1.54, 1.807) is 73.0 Å². The highest BCUT2D eigenvalue weighted by atomic mass is 35.5. The largest absolute Gasteiger partial charge is 0.465 e. The van der Waals surface area contributed by atoms with E-state index in [2.05, 4.69) is 10.2 Å². The Kier molecular flexibility index (Phi) is 8.24. The van der Waals surface area contributed by atoms with Crippen molar-refractivity contribution in [3.05, 3.63) is 93.0 Å². The zero-order valence-electron chi connectivity index (χ0n) is 23.4. The number of halogens is 2. The van der Waals surface area contributed by atoms with E-state index >= 15 is 4.39 Å². The lowest BCUT2D eigenvalue weighted by molar-refractivity contribution is -0.143. The first-order valence-corrected chi connectivity index (χ1v) is 14.4. The lowest BCUT2D eigenvalue weighted by Crippen LogP contribution is -2.32. The number of ether oxygens (including phenoxy) is 1. The molecule has 1 amide bonds. The number of amides is 1. The van der Waals surface area contributed by atoms with Gasteiger partial charge < -0.3 is 9.30 Å². The SMILES string of the molecule is CCOC(=O)Cn1c(C(=O)N(C)c2nnc(C)n2-c2sc(CC)cc2C(=O)c2ccccc2Cl)c(F)c2ccccc21. The molecule has 2 aromatic carbocycles. The number of anilines is 1. The van der Waals surface area contributed by atoms with Gasteiger partial charge in [0.25, 0.3) is 5.91 Å². The second-order valence-corrected chi connectivity index (χ2v) is 10.9. The van der Waals surface area contributed by atoms with E-state index < -0.39 is 17.7 Å². The van der Waals surface area contributed by atoms with Crippen LogP contribution in [0.3, 0.4) is 0 Å². The van der Waals surface area contributed by atoms with Crippen molar-refractivity contribution in [2.24, 2.45) is 0 Å². The maximum Gasteiger partial charge on any atom is 0.325 e. The Bertz CT molecular complexity index is 1840. The molecule has 5 aromatic rings. The molecule has 216 valence electrons. The number of thiophene rings is 1. The molecule has 0 N–H and O–H groups in total. The van der Waals surface area contributed by atoms with Gasteiger partial charge in [-0.25, -0.2) is 4.39 Å². The lowest BCUT2D eigenvalue weighted by Gasteiger charge is -2.19. The van der Waals surface area contributed by atoms with Crippen molar-refractivity contribution in [1.82, 2.24) is 19.3 Å². The molecule has 0 unspecified atom stereocenters. The quantitative estimate of drug-likeness (QED) is 0.150. The third kappa shape index (κ3) is 5.10. The van der Waals surface area contributed by atoms with Crippen LogP contribution in [-0.2, 0) is 22.5 Å². The first kappa shape index (κ1) is 29.2. The fraction of sp³-hybridized carbons (Fsp3) is 0.233. The minimum atomic E-state index is -0.770. The van der Waals surface area contributed by atoms with Gasteiger partial charge in [-0.15, -0.1) is 21.5 Å². The summed E-state index contributed by atoms with van der Waals surface area (Å²) in [6.45, 7) is 5.12. The monoisotopic (exact) mass is 607 g/mol. The Morgan fingerprint density at radius 3 is 2.48 bits per heavy atom. The fourth-order valence-corrected chi connectivity index (χ4v) is 6.11. The van der Waals surface area contributed by atoms with E-state index in [-0.39, 0.29) is 36.0 Å². The van der Waals surface area contributed by atoms with Crippen molar-refractivity contribution in [1.29, 1.82) is 0 Å². The number of rotatable bonds is 9. The Morgan fingerprint density at radius 2 is 1.76 bits per heavy atom. The number of aryl methyl sites for hydroxylation is 2. The highest BCUT2D eigenvalue weighted by molar-refractivity contribution is 7.15. The minimum Gasteiger partial charge on any atom is -0.465 e. The topological polar surface area (TPSA) is 99.3 Å². The predicted octanol–water partition coefficient (Wildman–Crippen LogP) is 6.02. The van der Waals surface area contributed by atoms with E-state index in [0.717, 1.165) is 9.78 Å². The van der Waals surface area contributed by atoms with Gasteiger partial charge in [0, 0.05) is 22.9 Å². The molecule has 0 aliphatic carbocycles. The first-order valence-electron chi connectivity index (χ1n) is 13.2. The van der Waals surface area contributed by atoms with Crippen molar-refractivity contribution in [2.45, 2.75) is 33.7 Å². The zero-order valence-corrected chi connectivity index (χ0v) is 24.9. The van der Waals surface area contributed by atoms with E-state index in [4.69, 9.17) is 16.3 Å². The predicted molar refractivity (Wildman–Crippen MR) is 159 cm³/mol. The molecular weight excluding hydrogens is 581 g/mol. The van der Waals surface area contributed by atoms with Crippen LogP contribution in [-0.4, -0.2) is 50.6 Å². The number of aromatic nitrogens is 4. The molecule has 9 nitrogen and oxygen atoms in total. The number of para-hydroxylation sites is 1. The van der Waals surface area contributed by atoms with Crippen molar-refractivity contribution in [2.75, 3.05) is 18.6 Å². The van der Waals surface area contributed by atoms with Crippen molar-refractivity contribution < 1.29 is 23.5 Å². The van der Waals surface area contributed by atoms with Gasteiger partial charge in [-0.05, 0) is 50.6 Å². The average molecular weight is 608 g/mol. The van der Waals surface area contributed by atoms with E-state index in [9.17, 15) is 14.4 Å². The third-order valence-corrected chi connectivity index (χ3v) is 8.39. The molecule has 0 saturated carbocycles. The van der Waals surface area contributed by atoms with E-state index in [1.807, 2.05) is 6.92 Å². The number of hydrogen-bond donors (Lipinski definition) is 0. The van der Waals surface area contributed by atoms with Crippen LogP contribution in [0.5, 0.6) is 0 Å². The Morgan fingerprint density at radius 1 is 1.05 bits per heavy atom. The van der Waals surface area contributed by atoms with Crippen LogP contribution in [0.1, 0.15) is 51.0 Å². The molecule has 3 heterocycles. The molecule has 12 heteroatoms. The fourth-order valence-electron chi connectivity index (χ4n) is 4.75. The van der Waals surface area contributed by atoms with E-state index in [1.165, 1.54) is 23.0 Å². The number of ketones is 1. The molecule has 0 saturated heterocycles. The molecule has 0 radical (unpaired) electrons. The number of fused-ring (bicyclic) bond motifs is 1. The van der Waals surface area contributed by atoms with Crippen LogP contribution in [0, 0.1) is 12.7 Å². The van der Waals surface area contributed by atoms with Gasteiger partial charge in [0.2, 0.25) is 5.95 Å². The molecule has 42 heavy (non-hydrogen) atoms. The molecule has 0 atom stereocenters. The van der Waals surface area contributed by atoms with Gasteiger partial charge in [-0.2, -0.15) is 0 Å². The number of nitrogens with zero attached hydrogens (tertiary/aromatic N) is 5. The second-order valence-electron chi connectivity index (χ2n) is 9.41. The Hall–Kier alpha value is -4.35. The van der Waals surface area contributed by atoms with Gasteiger partial charge >= 0.3 is 5.97 Å². The van der Waals surface area contributed by atoms with Gasteiger partial charge in [0.05, 0.1) is 22.7 Å². The standard InChI is InChI=1S/C30H27ClFN5O4S/c1-5-18-15-21(27(39)19-11-7-9-13-22(19)31)29(42-18)37-17(3)33-34-30(37)35(4)28(40)26-25(32)20-12-8-10-14-23(20)36(26)16-24(38)41-6-2/h7-15H,5-6,16H2,1-4H3. The molecule has 0 aliphatic rings. The Labute approximate surface area is 250 Å². The smallest absolute Gasteiger partial charge is 0.325 e. The van der Waals surface area contributed by atoms with Crippen LogP contribution in [0.2, 0.25) is 5.02 Å². The summed E-state index contributed by atoms with van der Waals surface area (Å²) in [7, 11) is 1.44. The zero-order chi connectivity index (χ0) is 30.1. The molecule has 0 aliphatic heterocycles. The summed E-state index contributed by atoms with van der Waals surface area (Å²) in [4.78, 5) is 42.2. The average Bonchev–Trinajstić information content (AvgIpc) is 3.66. The lowest BCUT2D eigenvalue weighted by atomic mass is 10.0. The van der Waals surface area contributed by atoms with Gasteiger partial charge in [0.15, 0.2) is 11.6 Å². The van der Waals surface area contributed by atoms with Crippen LogP contribution in [0.25, 0.3) is 15.9 Å². The van der Waals surface area contributed by atoms with Crippen molar-refractivity contribution in [3.63, 3.8) is 0 Å². The highest BCUT2D eigenvalue weighted by Crippen LogP contribution is 2.34. The highest BCUT2D eigenvalue weighted by Gasteiger charge is 2.31. The molecule has 0 bridgehead atoms. The van der Waals surface area contributed by atoms with Gasteiger partial charge in [-0.1, -0.05) is 42.8 Å². The minimum absolute atomic E-state index is 0.0718. The second kappa shape index (κ2) is 11.9. The maximum absolute atomic E-state index is 15.8. The summed E-state index contributed by atoms with van der Waals surface area (Å²) in [5, 5.41) is 9.43. The van der Waals surface area contributed by atoms with E-state index in [0.29, 0.717) is 38.9 Å². The number of hydrogen-bond acceptors (Lipinski definition) is 7. The summed E-state index contributed by atoms with van der Waals surface area (Å²) in [5.74, 6) is -1.94. The van der Waals surface area contributed by atoms with Crippen LogP contribution < -0.4 is 4.90 Å².